The largest absolute Gasteiger partial charge is 0.435 e. The third kappa shape index (κ3) is 3.36. The van der Waals surface area contributed by atoms with Gasteiger partial charge in [0.05, 0.1) is 5.69 Å². The van der Waals surface area contributed by atoms with Crippen LogP contribution in [0.4, 0.5) is 0 Å². The third-order valence-corrected chi connectivity index (χ3v) is 2.60. The number of amides is 1. The minimum atomic E-state index is -0.238. The number of carbonyl (C=O) groups excluding carboxylic acids is 1. The van der Waals surface area contributed by atoms with Gasteiger partial charge < -0.3 is 9.73 Å². The van der Waals surface area contributed by atoms with Gasteiger partial charge in [0.25, 0.3) is 5.91 Å². The Morgan fingerprint density at radius 1 is 1.47 bits per heavy atom. The first-order valence-electron chi connectivity index (χ1n) is 6.17. The average Bonchev–Trinajstić information content (AvgIpc) is 3.03. The summed E-state index contributed by atoms with van der Waals surface area (Å²) in [4.78, 5) is 16.0. The minimum absolute atomic E-state index is 0.238. The molecule has 0 saturated heterocycles. The van der Waals surface area contributed by atoms with Crippen LogP contribution in [0.1, 0.15) is 41.3 Å². The van der Waals surface area contributed by atoms with Gasteiger partial charge in [-0.1, -0.05) is 12.1 Å². The molecule has 19 heavy (non-hydrogen) atoms. The van der Waals surface area contributed by atoms with Gasteiger partial charge in [0, 0.05) is 19.4 Å². The molecule has 2 aromatic heterocycles. The lowest BCUT2D eigenvalue weighted by atomic mass is 10.3. The smallest absolute Gasteiger partial charge is 0.289 e. The molecular weight excluding hydrogens is 248 g/mol. The van der Waals surface area contributed by atoms with Crippen LogP contribution in [0.5, 0.6) is 0 Å². The van der Waals surface area contributed by atoms with Crippen molar-refractivity contribution < 1.29 is 9.21 Å². The fraction of sp³-hybridized carbons (Fsp3) is 0.545. The van der Waals surface area contributed by atoms with Gasteiger partial charge >= 0.3 is 0 Å². The molecule has 102 valence electrons. The van der Waals surface area contributed by atoms with E-state index in [0.29, 0.717) is 36.8 Å². The summed E-state index contributed by atoms with van der Waals surface area (Å²) in [6.45, 7) is 4.21. The number of hydrogen-bond donors (Lipinski definition) is 2. The molecule has 0 atom stereocenters. The summed E-state index contributed by atoms with van der Waals surface area (Å²) >= 11 is 0. The number of oxazole rings is 1. The Bertz CT molecular complexity index is 533. The summed E-state index contributed by atoms with van der Waals surface area (Å²) in [6.07, 6.45) is 2.07. The van der Waals surface area contributed by atoms with E-state index in [1.165, 1.54) is 0 Å². The monoisotopic (exact) mass is 264 g/mol. The number of aromatic nitrogens is 5. The van der Waals surface area contributed by atoms with Crippen LogP contribution in [0.2, 0.25) is 0 Å². The van der Waals surface area contributed by atoms with Crippen LogP contribution in [0.3, 0.4) is 0 Å². The normalized spacial score (nSPS) is 10.6. The van der Waals surface area contributed by atoms with Crippen molar-refractivity contribution >= 4 is 5.91 Å². The van der Waals surface area contributed by atoms with Crippen LogP contribution < -0.4 is 5.32 Å². The molecule has 0 aromatic carbocycles. The number of H-pyrrole nitrogens is 1. The average molecular weight is 264 g/mol. The van der Waals surface area contributed by atoms with Crippen LogP contribution in [0.15, 0.2) is 4.42 Å². The molecule has 0 unspecified atom stereocenters. The second-order valence-electron chi connectivity index (χ2n) is 4.06. The van der Waals surface area contributed by atoms with Crippen LogP contribution >= 0.6 is 0 Å². The molecule has 0 bridgehead atoms. The molecule has 1 amide bonds. The molecule has 0 aliphatic carbocycles. The predicted octanol–water partition coefficient (Wildman–Crippen LogP) is 0.421. The Morgan fingerprint density at radius 3 is 2.95 bits per heavy atom. The fourth-order valence-electron chi connectivity index (χ4n) is 1.63. The Kier molecular flexibility index (Phi) is 4.22. The zero-order chi connectivity index (χ0) is 13.7. The molecule has 8 nitrogen and oxygen atoms in total. The zero-order valence-corrected chi connectivity index (χ0v) is 10.9. The topological polar surface area (TPSA) is 110 Å². The van der Waals surface area contributed by atoms with Crippen LogP contribution in [-0.4, -0.2) is 38.1 Å². The Balaban J connectivity index is 1.79. The van der Waals surface area contributed by atoms with Crippen molar-refractivity contribution in [1.29, 1.82) is 0 Å². The second kappa shape index (κ2) is 6.07. The first-order chi connectivity index (χ1) is 9.20. The fourth-order valence-corrected chi connectivity index (χ4v) is 1.63. The Hall–Kier alpha value is -2.25. The van der Waals surface area contributed by atoms with Crippen molar-refractivity contribution in [3.8, 4) is 0 Å². The van der Waals surface area contributed by atoms with Gasteiger partial charge in [-0.2, -0.15) is 5.21 Å². The molecule has 2 N–H and O–H groups in total. The quantitative estimate of drug-likeness (QED) is 0.732. The SMILES string of the molecule is CCc1nc(C)c(C(=O)NCCCc2nn[nH]n2)o1. The summed E-state index contributed by atoms with van der Waals surface area (Å²) in [6, 6.07) is 0. The Labute approximate surface area is 110 Å². The lowest BCUT2D eigenvalue weighted by Gasteiger charge is -2.01. The van der Waals surface area contributed by atoms with Crippen molar-refractivity contribution in [3.05, 3.63) is 23.2 Å². The summed E-state index contributed by atoms with van der Waals surface area (Å²) in [5, 5.41) is 16.3. The molecule has 0 aliphatic heterocycles. The number of nitrogens with zero attached hydrogens (tertiary/aromatic N) is 4. The van der Waals surface area contributed by atoms with Gasteiger partial charge in [-0.05, 0) is 13.3 Å². The summed E-state index contributed by atoms with van der Waals surface area (Å²) in [7, 11) is 0. The number of tetrazole rings is 1. The van der Waals surface area contributed by atoms with E-state index in [4.69, 9.17) is 4.42 Å². The highest BCUT2D eigenvalue weighted by Gasteiger charge is 2.16. The van der Waals surface area contributed by atoms with Crippen molar-refractivity contribution in [2.75, 3.05) is 6.54 Å². The highest BCUT2D eigenvalue weighted by molar-refractivity contribution is 5.92. The number of hydrogen-bond acceptors (Lipinski definition) is 6. The molecule has 0 fully saturated rings. The van der Waals surface area contributed by atoms with E-state index in [2.05, 4.69) is 30.9 Å². The van der Waals surface area contributed by atoms with Crippen LogP contribution in [0.25, 0.3) is 0 Å². The summed E-state index contributed by atoms with van der Waals surface area (Å²) in [5.41, 5.74) is 0.618. The predicted molar refractivity (Wildman–Crippen MR) is 65.4 cm³/mol. The first-order valence-corrected chi connectivity index (χ1v) is 6.17. The van der Waals surface area contributed by atoms with E-state index >= 15 is 0 Å². The number of aryl methyl sites for hydroxylation is 3. The molecule has 0 radical (unpaired) electrons. The standard InChI is InChI=1S/C11H16N6O2/c1-3-9-13-7(2)10(19-9)11(18)12-6-4-5-8-14-16-17-15-8/h3-6H2,1-2H3,(H,12,18)(H,14,15,16,17). The summed E-state index contributed by atoms with van der Waals surface area (Å²) < 4.78 is 5.37. The number of aromatic amines is 1. The maximum Gasteiger partial charge on any atom is 0.289 e. The van der Waals surface area contributed by atoms with E-state index in [-0.39, 0.29) is 11.7 Å². The van der Waals surface area contributed by atoms with Crippen LogP contribution in [-0.2, 0) is 12.8 Å². The van der Waals surface area contributed by atoms with E-state index in [9.17, 15) is 4.79 Å². The number of carbonyl (C=O) groups is 1. The van der Waals surface area contributed by atoms with Gasteiger partial charge in [-0.25, -0.2) is 4.98 Å². The zero-order valence-electron chi connectivity index (χ0n) is 10.9. The Morgan fingerprint density at radius 2 is 2.32 bits per heavy atom. The lowest BCUT2D eigenvalue weighted by Crippen LogP contribution is -2.25. The molecule has 0 spiro atoms. The van der Waals surface area contributed by atoms with E-state index in [1.54, 1.807) is 6.92 Å². The van der Waals surface area contributed by atoms with Crippen molar-refractivity contribution in [3.63, 3.8) is 0 Å². The van der Waals surface area contributed by atoms with Gasteiger partial charge in [0.1, 0.15) is 0 Å². The number of nitrogens with one attached hydrogen (secondary N) is 2. The summed E-state index contributed by atoms with van der Waals surface area (Å²) in [5.74, 6) is 1.27. The lowest BCUT2D eigenvalue weighted by molar-refractivity contribution is 0.0923. The molecule has 0 saturated carbocycles. The highest BCUT2D eigenvalue weighted by atomic mass is 16.4. The minimum Gasteiger partial charge on any atom is -0.435 e. The molecule has 2 rings (SSSR count). The van der Waals surface area contributed by atoms with E-state index in [0.717, 1.165) is 6.42 Å². The van der Waals surface area contributed by atoms with E-state index < -0.39 is 0 Å². The van der Waals surface area contributed by atoms with Crippen molar-refractivity contribution in [1.82, 2.24) is 30.9 Å². The molecule has 0 aliphatic rings. The van der Waals surface area contributed by atoms with E-state index in [1.807, 2.05) is 6.92 Å². The van der Waals surface area contributed by atoms with Crippen molar-refractivity contribution in [2.24, 2.45) is 0 Å². The van der Waals surface area contributed by atoms with Gasteiger partial charge in [0.2, 0.25) is 5.76 Å². The maximum atomic E-state index is 11.9. The van der Waals surface area contributed by atoms with Crippen LogP contribution in [0, 0.1) is 6.92 Å². The third-order valence-electron chi connectivity index (χ3n) is 2.60. The van der Waals surface area contributed by atoms with Crippen molar-refractivity contribution in [2.45, 2.75) is 33.1 Å². The van der Waals surface area contributed by atoms with Gasteiger partial charge in [-0.15, -0.1) is 10.2 Å². The number of rotatable bonds is 6. The van der Waals surface area contributed by atoms with Gasteiger partial charge in [0.15, 0.2) is 11.7 Å². The molecule has 2 aromatic rings. The van der Waals surface area contributed by atoms with Gasteiger partial charge in [-0.3, -0.25) is 4.79 Å². The molecule has 2 heterocycles. The first kappa shape index (κ1) is 13.2. The second-order valence-corrected chi connectivity index (χ2v) is 4.06. The maximum absolute atomic E-state index is 11.9. The molecular formula is C11H16N6O2. The highest BCUT2D eigenvalue weighted by Crippen LogP contribution is 2.10. The molecule has 8 heteroatoms.